The Hall–Kier alpha value is -1.97. The van der Waals surface area contributed by atoms with E-state index in [1.165, 1.54) is 17.9 Å². The average Bonchev–Trinajstić information content (AvgIpc) is 3.00. The Bertz CT molecular complexity index is 818. The van der Waals surface area contributed by atoms with Crippen LogP contribution in [0.25, 0.3) is 0 Å². The minimum atomic E-state index is -1.26. The summed E-state index contributed by atoms with van der Waals surface area (Å²) in [4.78, 5) is 39.4. The van der Waals surface area contributed by atoms with Crippen molar-refractivity contribution in [1.82, 2.24) is 9.55 Å². The van der Waals surface area contributed by atoms with Gasteiger partial charge in [-0.1, -0.05) is 26.7 Å². The van der Waals surface area contributed by atoms with E-state index in [1.54, 1.807) is 6.92 Å². The topological polar surface area (TPSA) is 120 Å². The number of hydrogen-bond acceptors (Lipinski definition) is 7. The second kappa shape index (κ2) is 10.9. The van der Waals surface area contributed by atoms with Crippen LogP contribution in [-0.4, -0.2) is 59.8 Å². The fourth-order valence-electron chi connectivity index (χ4n) is 3.95. The summed E-state index contributed by atoms with van der Waals surface area (Å²) < 4.78 is 18.1. The van der Waals surface area contributed by atoms with Gasteiger partial charge < -0.3 is 19.3 Å². The summed E-state index contributed by atoms with van der Waals surface area (Å²) in [5.41, 5.74) is -2.06. The van der Waals surface area contributed by atoms with Crippen molar-refractivity contribution in [2.24, 2.45) is 5.41 Å². The average molecular weight is 427 g/mol. The smallest absolute Gasteiger partial charge is 0.328 e. The Morgan fingerprint density at radius 1 is 1.27 bits per heavy atom. The maximum Gasteiger partial charge on any atom is 0.328 e. The third kappa shape index (κ3) is 5.01. The fourth-order valence-corrected chi connectivity index (χ4v) is 3.95. The highest BCUT2D eigenvalue weighted by molar-refractivity contribution is 5.78. The number of aromatic amines is 1. The highest BCUT2D eigenvalue weighted by Crippen LogP contribution is 2.47. The van der Waals surface area contributed by atoms with Gasteiger partial charge in [0.2, 0.25) is 0 Å². The number of nitrogens with one attached hydrogen (secondary N) is 1. The van der Waals surface area contributed by atoms with Gasteiger partial charge in [-0.05, 0) is 26.2 Å². The lowest BCUT2D eigenvalue weighted by Gasteiger charge is -2.33. The van der Waals surface area contributed by atoms with Gasteiger partial charge in [0.15, 0.2) is 0 Å². The van der Waals surface area contributed by atoms with Gasteiger partial charge in [-0.25, -0.2) is 4.79 Å². The van der Waals surface area contributed by atoms with Crippen LogP contribution >= 0.6 is 0 Å². The molecule has 0 radical (unpaired) electrons. The van der Waals surface area contributed by atoms with Crippen LogP contribution in [0, 0.1) is 12.3 Å². The Kier molecular flexibility index (Phi) is 8.81. The van der Waals surface area contributed by atoms with Gasteiger partial charge in [0.1, 0.15) is 17.6 Å². The van der Waals surface area contributed by atoms with Crippen molar-refractivity contribution in [2.75, 3.05) is 26.9 Å². The monoisotopic (exact) mass is 426 g/mol. The van der Waals surface area contributed by atoms with E-state index in [-0.39, 0.29) is 13.0 Å². The largest absolute Gasteiger partial charge is 0.468 e. The normalized spacial score (nSPS) is 26.1. The molecule has 2 rings (SSSR count). The van der Waals surface area contributed by atoms with Crippen molar-refractivity contribution in [3.63, 3.8) is 0 Å². The second-order valence-corrected chi connectivity index (χ2v) is 7.94. The van der Waals surface area contributed by atoms with E-state index in [0.29, 0.717) is 18.8 Å². The standard InChI is InChI=1S/C21H34N2O7/c1-5-7-9-29-13-21(19(26)28-4)11-15(16(24)17(21)30-10-8-6-2)23-12-14(3)18(25)22-20(23)27/h12,15-17,24H,5-11,13H2,1-4H3,(H,22,25,27)/t15-,16+,17+,21+/m1/s1. The number of aryl methyl sites for hydroxylation is 1. The first-order chi connectivity index (χ1) is 14.3. The van der Waals surface area contributed by atoms with Crippen LogP contribution in [0.5, 0.6) is 0 Å². The zero-order valence-corrected chi connectivity index (χ0v) is 18.3. The summed E-state index contributed by atoms with van der Waals surface area (Å²) in [6.07, 6.45) is 2.88. The Morgan fingerprint density at radius 3 is 2.57 bits per heavy atom. The van der Waals surface area contributed by atoms with E-state index in [0.717, 1.165) is 25.7 Å². The van der Waals surface area contributed by atoms with Crippen LogP contribution in [0.15, 0.2) is 15.8 Å². The molecule has 0 aromatic carbocycles. The highest BCUT2D eigenvalue weighted by Gasteiger charge is 2.60. The van der Waals surface area contributed by atoms with Gasteiger partial charge in [-0.3, -0.25) is 19.1 Å². The van der Waals surface area contributed by atoms with Gasteiger partial charge in [0, 0.05) is 25.0 Å². The number of hydrogen-bond donors (Lipinski definition) is 2. The molecule has 2 N–H and O–H groups in total. The molecule has 0 unspecified atom stereocenters. The lowest BCUT2D eigenvalue weighted by molar-refractivity contribution is -0.172. The maximum atomic E-state index is 12.9. The summed E-state index contributed by atoms with van der Waals surface area (Å²) in [5.74, 6) is -0.545. The molecule has 170 valence electrons. The van der Waals surface area contributed by atoms with Crippen LogP contribution < -0.4 is 11.2 Å². The molecule has 1 fully saturated rings. The quantitative estimate of drug-likeness (QED) is 0.404. The summed E-state index contributed by atoms with van der Waals surface area (Å²) in [7, 11) is 1.29. The molecule has 0 spiro atoms. The third-order valence-electron chi connectivity index (χ3n) is 5.71. The molecule has 1 aromatic heterocycles. The highest BCUT2D eigenvalue weighted by atomic mass is 16.5. The fraction of sp³-hybridized carbons (Fsp3) is 0.762. The van der Waals surface area contributed by atoms with Crippen molar-refractivity contribution < 1.29 is 24.1 Å². The van der Waals surface area contributed by atoms with E-state index in [2.05, 4.69) is 4.98 Å². The number of aromatic nitrogens is 2. The van der Waals surface area contributed by atoms with Crippen LogP contribution in [0.1, 0.15) is 57.6 Å². The second-order valence-electron chi connectivity index (χ2n) is 7.94. The first kappa shape index (κ1) is 24.3. The molecule has 1 aliphatic carbocycles. The molecule has 9 heteroatoms. The number of methoxy groups -OCH3 is 1. The Balaban J connectivity index is 2.45. The molecule has 1 heterocycles. The molecule has 0 saturated heterocycles. The lowest BCUT2D eigenvalue weighted by Crippen LogP contribution is -2.48. The SMILES string of the molecule is CCCCOC[C@@]1(C(=O)OC)C[C@@H](n2cc(C)c(=O)[nH]c2=O)[C@H](O)[C@@H]1OCCCC. The minimum absolute atomic E-state index is 0.0150. The predicted molar refractivity (Wildman–Crippen MR) is 111 cm³/mol. The number of carbonyl (C=O) groups excluding carboxylic acids is 1. The zero-order chi connectivity index (χ0) is 22.3. The van der Waals surface area contributed by atoms with Crippen molar-refractivity contribution in [3.05, 3.63) is 32.6 Å². The number of H-pyrrole nitrogens is 1. The van der Waals surface area contributed by atoms with Crippen molar-refractivity contribution in [1.29, 1.82) is 0 Å². The number of nitrogens with zero attached hydrogens (tertiary/aromatic N) is 1. The maximum absolute atomic E-state index is 12.9. The number of esters is 1. The zero-order valence-electron chi connectivity index (χ0n) is 18.3. The number of ether oxygens (including phenoxy) is 3. The summed E-state index contributed by atoms with van der Waals surface area (Å²) in [5, 5.41) is 11.1. The van der Waals surface area contributed by atoms with Crippen LogP contribution in [0.2, 0.25) is 0 Å². The Morgan fingerprint density at radius 2 is 1.93 bits per heavy atom. The van der Waals surface area contributed by atoms with Crippen molar-refractivity contribution in [2.45, 2.75) is 71.1 Å². The van der Waals surface area contributed by atoms with Crippen LogP contribution in [-0.2, 0) is 19.0 Å². The molecule has 0 amide bonds. The summed E-state index contributed by atoms with van der Waals surface area (Å²) >= 11 is 0. The third-order valence-corrected chi connectivity index (χ3v) is 5.71. The van der Waals surface area contributed by atoms with Crippen LogP contribution in [0.4, 0.5) is 0 Å². The van der Waals surface area contributed by atoms with Crippen molar-refractivity contribution in [3.8, 4) is 0 Å². The Labute approximate surface area is 176 Å². The predicted octanol–water partition coefficient (Wildman–Crippen LogP) is 1.31. The van der Waals surface area contributed by atoms with Gasteiger partial charge >= 0.3 is 11.7 Å². The minimum Gasteiger partial charge on any atom is -0.468 e. The number of aliphatic hydroxyl groups is 1. The lowest BCUT2D eigenvalue weighted by atomic mass is 9.84. The van der Waals surface area contributed by atoms with E-state index < -0.39 is 40.9 Å². The van der Waals surface area contributed by atoms with E-state index in [4.69, 9.17) is 14.2 Å². The molecule has 1 saturated carbocycles. The van der Waals surface area contributed by atoms with Gasteiger partial charge in [-0.2, -0.15) is 0 Å². The first-order valence-electron chi connectivity index (χ1n) is 10.6. The van der Waals surface area contributed by atoms with Gasteiger partial charge in [0.25, 0.3) is 5.56 Å². The molecule has 4 atom stereocenters. The number of unbranched alkanes of at least 4 members (excludes halogenated alkanes) is 2. The van der Waals surface area contributed by atoms with Gasteiger partial charge in [-0.15, -0.1) is 0 Å². The van der Waals surface area contributed by atoms with Gasteiger partial charge in [0.05, 0.1) is 19.8 Å². The first-order valence-corrected chi connectivity index (χ1v) is 10.6. The van der Waals surface area contributed by atoms with E-state index in [9.17, 15) is 19.5 Å². The number of aliphatic hydroxyl groups excluding tert-OH is 1. The molecule has 0 bridgehead atoms. The van der Waals surface area contributed by atoms with Crippen molar-refractivity contribution >= 4 is 5.97 Å². The van der Waals surface area contributed by atoms with Crippen LogP contribution in [0.3, 0.4) is 0 Å². The molecule has 0 aliphatic heterocycles. The molecule has 30 heavy (non-hydrogen) atoms. The number of carbonyl (C=O) groups is 1. The molecule has 1 aromatic rings. The summed E-state index contributed by atoms with van der Waals surface area (Å²) in [6, 6.07) is -0.770. The molecule has 9 nitrogen and oxygen atoms in total. The summed E-state index contributed by atoms with van der Waals surface area (Å²) in [6.45, 7) is 6.47. The molecular weight excluding hydrogens is 392 g/mol. The molecular formula is C21H34N2O7. The number of rotatable bonds is 11. The van der Waals surface area contributed by atoms with E-state index >= 15 is 0 Å². The molecule has 1 aliphatic rings. The van der Waals surface area contributed by atoms with E-state index in [1.807, 2.05) is 13.8 Å².